The largest absolute Gasteiger partial charge is 0.493 e. The summed E-state index contributed by atoms with van der Waals surface area (Å²) >= 11 is 0. The maximum Gasteiger partial charge on any atom is 0.191 e. The van der Waals surface area contributed by atoms with E-state index in [9.17, 15) is 8.78 Å². The fraction of sp³-hybridized carbons (Fsp3) is 0.316. The topological polar surface area (TPSA) is 64.1 Å². The number of rotatable bonds is 8. The number of methoxy groups -OCH3 is 2. The van der Waals surface area contributed by atoms with Crippen LogP contribution in [0.25, 0.3) is 0 Å². The van der Waals surface area contributed by atoms with Gasteiger partial charge in [-0.05, 0) is 29.8 Å². The molecule has 2 aromatic rings. The number of nitrogens with zero attached hydrogens (tertiary/aromatic N) is 1. The molecule has 0 aliphatic rings. The monoisotopic (exact) mass is 379 g/mol. The Kier molecular flexibility index (Phi) is 7.66. The highest BCUT2D eigenvalue weighted by Gasteiger charge is 2.06. The van der Waals surface area contributed by atoms with Crippen molar-refractivity contribution in [1.29, 1.82) is 0 Å². The van der Waals surface area contributed by atoms with Crippen molar-refractivity contribution in [3.63, 3.8) is 0 Å². The van der Waals surface area contributed by atoms with Crippen LogP contribution in [-0.4, -0.2) is 40.4 Å². The van der Waals surface area contributed by atoms with Crippen LogP contribution in [0.4, 0.5) is 8.78 Å². The molecule has 0 fully saturated rings. The van der Waals surface area contributed by atoms with Crippen molar-refractivity contribution in [2.24, 2.45) is 4.99 Å². The molecule has 0 bridgehead atoms. The lowest BCUT2D eigenvalue weighted by Gasteiger charge is -2.14. The fourth-order valence-corrected chi connectivity index (χ4v) is 2.30. The van der Waals surface area contributed by atoms with Crippen LogP contribution in [-0.2, 0) is 6.54 Å². The number of guanidine groups is 1. The Morgan fingerprint density at radius 2 is 1.74 bits per heavy atom. The van der Waals surface area contributed by atoms with Gasteiger partial charge in [0, 0.05) is 19.7 Å². The third-order valence-electron chi connectivity index (χ3n) is 3.69. The van der Waals surface area contributed by atoms with Crippen molar-refractivity contribution in [3.8, 4) is 17.2 Å². The van der Waals surface area contributed by atoms with Crippen molar-refractivity contribution in [2.75, 3.05) is 34.4 Å². The summed E-state index contributed by atoms with van der Waals surface area (Å²) in [6.45, 7) is 1.23. The molecule has 0 aromatic heterocycles. The molecule has 0 radical (unpaired) electrons. The van der Waals surface area contributed by atoms with Crippen LogP contribution < -0.4 is 24.8 Å². The molecule has 146 valence electrons. The van der Waals surface area contributed by atoms with Gasteiger partial charge in [0.2, 0.25) is 0 Å². The highest BCUT2D eigenvalue weighted by atomic mass is 19.2. The number of ether oxygens (including phenoxy) is 3. The Morgan fingerprint density at radius 3 is 2.41 bits per heavy atom. The average Bonchev–Trinajstić information content (AvgIpc) is 2.69. The first kappa shape index (κ1) is 20.3. The second-order valence-electron chi connectivity index (χ2n) is 5.47. The molecule has 6 nitrogen and oxygen atoms in total. The molecule has 2 rings (SSSR count). The summed E-state index contributed by atoms with van der Waals surface area (Å²) in [6, 6.07) is 9.06. The number of aliphatic imine (C=N–C) groups is 1. The third kappa shape index (κ3) is 6.02. The van der Waals surface area contributed by atoms with Gasteiger partial charge in [-0.1, -0.05) is 6.07 Å². The highest BCUT2D eigenvalue weighted by molar-refractivity contribution is 5.79. The minimum Gasteiger partial charge on any atom is -0.493 e. The Balaban J connectivity index is 1.78. The average molecular weight is 379 g/mol. The molecule has 0 heterocycles. The van der Waals surface area contributed by atoms with Crippen molar-refractivity contribution in [3.05, 3.63) is 53.6 Å². The quantitative estimate of drug-likeness (QED) is 0.420. The van der Waals surface area contributed by atoms with Gasteiger partial charge >= 0.3 is 0 Å². The summed E-state index contributed by atoms with van der Waals surface area (Å²) in [5, 5.41) is 6.24. The van der Waals surface area contributed by atoms with E-state index in [0.717, 1.165) is 17.7 Å². The maximum atomic E-state index is 13.1. The van der Waals surface area contributed by atoms with Crippen LogP contribution >= 0.6 is 0 Å². The Hall–Kier alpha value is -3.03. The molecule has 0 unspecified atom stereocenters. The first-order valence-electron chi connectivity index (χ1n) is 8.30. The van der Waals surface area contributed by atoms with E-state index in [0.29, 0.717) is 30.5 Å². The van der Waals surface area contributed by atoms with Crippen LogP contribution in [0.15, 0.2) is 41.4 Å². The molecule has 0 atom stereocenters. The van der Waals surface area contributed by atoms with Gasteiger partial charge in [-0.15, -0.1) is 0 Å². The molecular formula is C19H23F2N3O3. The summed E-state index contributed by atoms with van der Waals surface area (Å²) < 4.78 is 41.9. The van der Waals surface area contributed by atoms with Crippen molar-refractivity contribution < 1.29 is 23.0 Å². The molecular weight excluding hydrogens is 356 g/mol. The Bertz CT molecular complexity index is 785. The van der Waals surface area contributed by atoms with Crippen molar-refractivity contribution in [1.82, 2.24) is 10.6 Å². The normalized spacial score (nSPS) is 11.1. The smallest absolute Gasteiger partial charge is 0.191 e. The lowest BCUT2D eigenvalue weighted by Crippen LogP contribution is -2.38. The van der Waals surface area contributed by atoms with E-state index in [1.807, 2.05) is 18.2 Å². The first-order chi connectivity index (χ1) is 13.1. The van der Waals surface area contributed by atoms with Crippen molar-refractivity contribution >= 4 is 5.96 Å². The molecule has 0 amide bonds. The summed E-state index contributed by atoms with van der Waals surface area (Å²) in [6.07, 6.45) is 0. The lowest BCUT2D eigenvalue weighted by molar-refractivity contribution is 0.318. The number of hydrogen-bond acceptors (Lipinski definition) is 4. The third-order valence-corrected chi connectivity index (χ3v) is 3.69. The first-order valence-corrected chi connectivity index (χ1v) is 8.30. The van der Waals surface area contributed by atoms with E-state index in [1.54, 1.807) is 21.3 Å². The molecule has 0 saturated carbocycles. The van der Waals surface area contributed by atoms with Crippen LogP contribution in [0.5, 0.6) is 17.2 Å². The number of benzene rings is 2. The molecule has 0 aliphatic heterocycles. The number of nitrogens with one attached hydrogen (secondary N) is 2. The van der Waals surface area contributed by atoms with Gasteiger partial charge in [-0.25, -0.2) is 8.78 Å². The molecule has 2 aromatic carbocycles. The van der Waals surface area contributed by atoms with Crippen LogP contribution in [0.1, 0.15) is 5.56 Å². The van der Waals surface area contributed by atoms with E-state index in [-0.39, 0.29) is 12.4 Å². The van der Waals surface area contributed by atoms with E-state index in [2.05, 4.69) is 15.6 Å². The van der Waals surface area contributed by atoms with E-state index in [1.165, 1.54) is 6.07 Å². The summed E-state index contributed by atoms with van der Waals surface area (Å²) in [7, 11) is 4.83. The van der Waals surface area contributed by atoms with Crippen LogP contribution in [0.3, 0.4) is 0 Å². The summed E-state index contributed by atoms with van der Waals surface area (Å²) in [5.41, 5.74) is 0.994. The van der Waals surface area contributed by atoms with Gasteiger partial charge in [0.25, 0.3) is 0 Å². The number of hydrogen-bond donors (Lipinski definition) is 2. The zero-order valence-electron chi connectivity index (χ0n) is 15.5. The summed E-state index contributed by atoms with van der Waals surface area (Å²) in [5.74, 6) is 0.327. The Morgan fingerprint density at radius 1 is 0.963 bits per heavy atom. The second-order valence-corrected chi connectivity index (χ2v) is 5.47. The zero-order chi connectivity index (χ0) is 19.6. The molecule has 2 N–H and O–H groups in total. The van der Waals surface area contributed by atoms with Gasteiger partial charge in [-0.2, -0.15) is 0 Å². The molecule has 27 heavy (non-hydrogen) atoms. The SMILES string of the molecule is CN=C(NCCOc1ccc(F)c(F)c1)NCc1ccc(OC)c(OC)c1. The maximum absolute atomic E-state index is 13.1. The molecule has 0 aliphatic carbocycles. The number of halogens is 2. The lowest BCUT2D eigenvalue weighted by atomic mass is 10.2. The standard InChI is InChI=1S/C19H23F2N3O3/c1-22-19(23-8-9-27-14-5-6-15(20)16(21)11-14)24-12-13-4-7-17(25-2)18(10-13)26-3/h4-7,10-11H,8-9,12H2,1-3H3,(H2,22,23,24). The molecule has 0 spiro atoms. The van der Waals surface area contributed by atoms with E-state index < -0.39 is 11.6 Å². The molecule has 0 saturated heterocycles. The van der Waals surface area contributed by atoms with Crippen LogP contribution in [0.2, 0.25) is 0 Å². The minimum absolute atomic E-state index is 0.266. The predicted molar refractivity (Wildman–Crippen MR) is 99.6 cm³/mol. The van der Waals surface area contributed by atoms with Crippen molar-refractivity contribution in [2.45, 2.75) is 6.54 Å². The van der Waals surface area contributed by atoms with Gasteiger partial charge < -0.3 is 24.8 Å². The second kappa shape index (κ2) is 10.2. The predicted octanol–water partition coefficient (Wildman–Crippen LogP) is 2.73. The highest BCUT2D eigenvalue weighted by Crippen LogP contribution is 2.27. The van der Waals surface area contributed by atoms with Gasteiger partial charge in [0.05, 0.1) is 20.8 Å². The van der Waals surface area contributed by atoms with E-state index in [4.69, 9.17) is 14.2 Å². The minimum atomic E-state index is -0.937. The zero-order valence-corrected chi connectivity index (χ0v) is 15.5. The van der Waals surface area contributed by atoms with Gasteiger partial charge in [0.1, 0.15) is 12.4 Å². The molecule has 8 heteroatoms. The van der Waals surface area contributed by atoms with Gasteiger partial charge in [-0.3, -0.25) is 4.99 Å². The van der Waals surface area contributed by atoms with Crippen LogP contribution in [0, 0.1) is 11.6 Å². The summed E-state index contributed by atoms with van der Waals surface area (Å²) in [4.78, 5) is 4.12. The Labute approximate surface area is 157 Å². The fourth-order valence-electron chi connectivity index (χ4n) is 2.30. The van der Waals surface area contributed by atoms with Gasteiger partial charge in [0.15, 0.2) is 29.1 Å². The van der Waals surface area contributed by atoms with E-state index >= 15 is 0 Å².